The van der Waals surface area contributed by atoms with E-state index in [1.807, 2.05) is 0 Å². The first-order chi connectivity index (χ1) is 9.13. The molecule has 0 aromatic heterocycles. The molecule has 0 saturated carbocycles. The maximum absolute atomic E-state index is 11.8. The van der Waals surface area contributed by atoms with E-state index >= 15 is 0 Å². The zero-order chi connectivity index (χ0) is 15.5. The minimum Gasteiger partial charge on any atom is -0.481 e. The van der Waals surface area contributed by atoms with Crippen molar-refractivity contribution in [3.05, 3.63) is 29.3 Å². The summed E-state index contributed by atoms with van der Waals surface area (Å²) in [6, 6.07) is 4.65. The summed E-state index contributed by atoms with van der Waals surface area (Å²) in [6.45, 7) is 4.69. The second kappa shape index (κ2) is 5.73. The van der Waals surface area contributed by atoms with Crippen LogP contribution in [0.25, 0.3) is 0 Å². The number of anilines is 1. The maximum Gasteiger partial charge on any atom is 0.309 e. The Hall–Kier alpha value is -2.37. The first kappa shape index (κ1) is 15.7. The Balaban J connectivity index is 2.82. The number of nitrogens with two attached hydrogens (primary N) is 1. The van der Waals surface area contributed by atoms with Crippen molar-refractivity contribution in [1.29, 1.82) is 0 Å². The number of carboxylic acid groups (broad SMARTS) is 1. The van der Waals surface area contributed by atoms with Crippen molar-refractivity contribution in [3.63, 3.8) is 0 Å². The highest BCUT2D eigenvalue weighted by molar-refractivity contribution is 5.96. The number of hydrogen-bond donors (Lipinski definition) is 3. The van der Waals surface area contributed by atoms with Gasteiger partial charge in [-0.15, -0.1) is 0 Å². The highest BCUT2D eigenvalue weighted by Crippen LogP contribution is 2.22. The summed E-state index contributed by atoms with van der Waals surface area (Å²) in [6.07, 6.45) is -0.140. The molecule has 0 heterocycles. The van der Waals surface area contributed by atoms with Gasteiger partial charge in [0.15, 0.2) is 0 Å². The van der Waals surface area contributed by atoms with Crippen molar-refractivity contribution in [2.45, 2.75) is 27.2 Å². The lowest BCUT2D eigenvalue weighted by Gasteiger charge is -2.18. The van der Waals surface area contributed by atoms with Crippen molar-refractivity contribution in [2.24, 2.45) is 11.1 Å². The second-order valence-electron chi connectivity index (χ2n) is 5.31. The number of primary amides is 1. The fourth-order valence-corrected chi connectivity index (χ4v) is 1.63. The molecule has 0 fully saturated rings. The monoisotopic (exact) mass is 278 g/mol. The third-order valence-corrected chi connectivity index (χ3v) is 2.97. The van der Waals surface area contributed by atoms with Gasteiger partial charge < -0.3 is 16.2 Å². The molecule has 1 aromatic rings. The van der Waals surface area contributed by atoms with E-state index in [4.69, 9.17) is 10.8 Å². The standard InChI is InChI=1S/C14H18N2O4/c1-8-6-9(12(15)18)4-5-10(8)16-11(17)7-14(2,3)13(19)20/h4-6H,7H2,1-3H3,(H2,15,18)(H,16,17)(H,19,20). The van der Waals surface area contributed by atoms with Crippen LogP contribution in [0.3, 0.4) is 0 Å². The zero-order valence-corrected chi connectivity index (χ0v) is 11.7. The Kier molecular flexibility index (Phi) is 4.49. The summed E-state index contributed by atoms with van der Waals surface area (Å²) in [4.78, 5) is 33.8. The van der Waals surface area contributed by atoms with Gasteiger partial charge >= 0.3 is 5.97 Å². The molecule has 0 aliphatic carbocycles. The van der Waals surface area contributed by atoms with E-state index in [1.165, 1.54) is 19.9 Å². The molecule has 6 heteroatoms. The number of rotatable bonds is 5. The molecule has 2 amide bonds. The molecule has 4 N–H and O–H groups in total. The molecule has 1 rings (SSSR count). The van der Waals surface area contributed by atoms with Crippen LogP contribution in [0.4, 0.5) is 5.69 Å². The number of carbonyl (C=O) groups excluding carboxylic acids is 2. The van der Waals surface area contributed by atoms with Gasteiger partial charge in [-0.25, -0.2) is 0 Å². The van der Waals surface area contributed by atoms with Gasteiger partial charge in [0, 0.05) is 17.7 Å². The lowest BCUT2D eigenvalue weighted by atomic mass is 9.89. The number of benzene rings is 1. The molecule has 0 spiro atoms. The van der Waals surface area contributed by atoms with E-state index < -0.39 is 23.2 Å². The molecule has 0 bridgehead atoms. The Bertz CT molecular complexity index is 564. The van der Waals surface area contributed by atoms with Crippen LogP contribution >= 0.6 is 0 Å². The topological polar surface area (TPSA) is 109 Å². The number of carbonyl (C=O) groups is 3. The first-order valence-electron chi connectivity index (χ1n) is 6.07. The average Bonchev–Trinajstić information content (AvgIpc) is 2.30. The van der Waals surface area contributed by atoms with Crippen LogP contribution in [-0.4, -0.2) is 22.9 Å². The SMILES string of the molecule is Cc1cc(C(N)=O)ccc1NC(=O)CC(C)(C)C(=O)O. The Morgan fingerprint density at radius 2 is 1.90 bits per heavy atom. The summed E-state index contributed by atoms with van der Waals surface area (Å²) in [5.74, 6) is -1.97. The fourth-order valence-electron chi connectivity index (χ4n) is 1.63. The number of aliphatic carboxylic acids is 1. The number of amides is 2. The van der Waals surface area contributed by atoms with Gasteiger partial charge in [-0.1, -0.05) is 0 Å². The fraction of sp³-hybridized carbons (Fsp3) is 0.357. The molecular weight excluding hydrogens is 260 g/mol. The quantitative estimate of drug-likeness (QED) is 0.758. The van der Waals surface area contributed by atoms with Crippen molar-refractivity contribution >= 4 is 23.5 Å². The molecule has 0 atom stereocenters. The van der Waals surface area contributed by atoms with Gasteiger partial charge in [-0.3, -0.25) is 14.4 Å². The molecule has 6 nitrogen and oxygen atoms in total. The van der Waals surface area contributed by atoms with E-state index in [1.54, 1.807) is 19.1 Å². The smallest absolute Gasteiger partial charge is 0.309 e. The normalized spacial score (nSPS) is 10.9. The number of nitrogens with one attached hydrogen (secondary N) is 1. The van der Waals surface area contributed by atoms with E-state index in [2.05, 4.69) is 5.32 Å². The summed E-state index contributed by atoms with van der Waals surface area (Å²) < 4.78 is 0. The molecule has 0 unspecified atom stereocenters. The Morgan fingerprint density at radius 3 is 2.35 bits per heavy atom. The average molecular weight is 278 g/mol. The molecule has 108 valence electrons. The summed E-state index contributed by atoms with van der Waals surface area (Å²) >= 11 is 0. The minimum absolute atomic E-state index is 0.140. The van der Waals surface area contributed by atoms with E-state index in [9.17, 15) is 14.4 Å². The van der Waals surface area contributed by atoms with Crippen molar-refractivity contribution in [3.8, 4) is 0 Å². The van der Waals surface area contributed by atoms with E-state index in [0.29, 0.717) is 16.8 Å². The summed E-state index contributed by atoms with van der Waals surface area (Å²) in [7, 11) is 0. The van der Waals surface area contributed by atoms with Gasteiger partial charge in [-0.05, 0) is 44.5 Å². The number of hydrogen-bond acceptors (Lipinski definition) is 3. The predicted molar refractivity (Wildman–Crippen MR) is 74.4 cm³/mol. The van der Waals surface area contributed by atoms with Gasteiger partial charge in [0.25, 0.3) is 0 Å². The molecule has 0 aliphatic heterocycles. The molecular formula is C14H18N2O4. The largest absolute Gasteiger partial charge is 0.481 e. The van der Waals surface area contributed by atoms with Crippen LogP contribution in [0, 0.1) is 12.3 Å². The van der Waals surface area contributed by atoms with Crippen LogP contribution in [0.15, 0.2) is 18.2 Å². The molecule has 0 radical (unpaired) electrons. The van der Waals surface area contributed by atoms with Crippen molar-refractivity contribution in [2.75, 3.05) is 5.32 Å². The zero-order valence-electron chi connectivity index (χ0n) is 11.7. The maximum atomic E-state index is 11.8. The van der Waals surface area contributed by atoms with Crippen LogP contribution in [0.1, 0.15) is 36.2 Å². The predicted octanol–water partition coefficient (Wildman–Crippen LogP) is 1.53. The van der Waals surface area contributed by atoms with Crippen molar-refractivity contribution in [1.82, 2.24) is 0 Å². The lowest BCUT2D eigenvalue weighted by molar-refractivity contribution is -0.148. The molecule has 0 saturated heterocycles. The van der Waals surface area contributed by atoms with Crippen LogP contribution < -0.4 is 11.1 Å². The molecule has 1 aromatic carbocycles. The highest BCUT2D eigenvalue weighted by Gasteiger charge is 2.30. The second-order valence-corrected chi connectivity index (χ2v) is 5.31. The van der Waals surface area contributed by atoms with E-state index in [0.717, 1.165) is 0 Å². The van der Waals surface area contributed by atoms with Gasteiger partial charge in [0.05, 0.1) is 5.41 Å². The van der Waals surface area contributed by atoms with Crippen LogP contribution in [-0.2, 0) is 9.59 Å². The first-order valence-corrected chi connectivity index (χ1v) is 6.07. The van der Waals surface area contributed by atoms with Gasteiger partial charge in [0.2, 0.25) is 11.8 Å². The number of carboxylic acids is 1. The summed E-state index contributed by atoms with van der Waals surface area (Å²) in [5.41, 5.74) is 5.59. The Labute approximate surface area is 117 Å². The summed E-state index contributed by atoms with van der Waals surface area (Å²) in [5, 5.41) is 11.6. The van der Waals surface area contributed by atoms with Gasteiger partial charge in [0.1, 0.15) is 0 Å². The Morgan fingerprint density at radius 1 is 1.30 bits per heavy atom. The van der Waals surface area contributed by atoms with Gasteiger partial charge in [-0.2, -0.15) is 0 Å². The molecule has 20 heavy (non-hydrogen) atoms. The lowest BCUT2D eigenvalue weighted by Crippen LogP contribution is -2.29. The minimum atomic E-state index is -1.13. The number of aryl methyl sites for hydroxylation is 1. The van der Waals surface area contributed by atoms with Crippen LogP contribution in [0.5, 0.6) is 0 Å². The third kappa shape index (κ3) is 3.81. The highest BCUT2D eigenvalue weighted by atomic mass is 16.4. The van der Waals surface area contributed by atoms with Crippen molar-refractivity contribution < 1.29 is 19.5 Å². The third-order valence-electron chi connectivity index (χ3n) is 2.97. The van der Waals surface area contributed by atoms with E-state index in [-0.39, 0.29) is 6.42 Å². The molecule has 0 aliphatic rings. The van der Waals surface area contributed by atoms with Crippen LogP contribution in [0.2, 0.25) is 0 Å².